The van der Waals surface area contributed by atoms with Gasteiger partial charge in [0.1, 0.15) is 0 Å². The summed E-state index contributed by atoms with van der Waals surface area (Å²) in [6.45, 7) is 2.09. The lowest BCUT2D eigenvalue weighted by atomic mass is 9.49. The van der Waals surface area contributed by atoms with Gasteiger partial charge in [-0.05, 0) is 78.7 Å². The largest absolute Gasteiger partial charge is 0.383 e. The number of ether oxygens (including phenoxy) is 1. The molecular weight excluding hydrogens is 306 g/mol. The summed E-state index contributed by atoms with van der Waals surface area (Å²) in [6.07, 6.45) is 7.58. The van der Waals surface area contributed by atoms with Gasteiger partial charge in [0.15, 0.2) is 0 Å². The summed E-state index contributed by atoms with van der Waals surface area (Å²) in [6, 6.07) is 2.14. The van der Waals surface area contributed by atoms with Crippen molar-refractivity contribution in [3.63, 3.8) is 0 Å². The van der Waals surface area contributed by atoms with Crippen molar-refractivity contribution in [3.05, 3.63) is 22.4 Å². The maximum Gasteiger partial charge on any atom is 0.229 e. The zero-order chi connectivity index (χ0) is 15.9. The molecule has 1 heterocycles. The van der Waals surface area contributed by atoms with Crippen LogP contribution in [-0.4, -0.2) is 31.1 Å². The Balaban J connectivity index is 1.54. The topological polar surface area (TPSA) is 29.5 Å². The first-order chi connectivity index (χ1) is 11.2. The van der Waals surface area contributed by atoms with Crippen LogP contribution < -0.4 is 0 Å². The zero-order valence-electron chi connectivity index (χ0n) is 14.0. The summed E-state index contributed by atoms with van der Waals surface area (Å²) in [4.78, 5) is 15.6. The van der Waals surface area contributed by atoms with Gasteiger partial charge < -0.3 is 9.64 Å². The molecule has 23 heavy (non-hydrogen) atoms. The predicted molar refractivity (Wildman–Crippen MR) is 92.2 cm³/mol. The number of carbonyl (C=O) groups is 1. The van der Waals surface area contributed by atoms with Gasteiger partial charge in [0, 0.05) is 20.2 Å². The molecule has 3 nitrogen and oxygen atoms in total. The van der Waals surface area contributed by atoms with Crippen LogP contribution in [0.2, 0.25) is 0 Å². The van der Waals surface area contributed by atoms with Crippen LogP contribution in [0.5, 0.6) is 0 Å². The summed E-state index contributed by atoms with van der Waals surface area (Å²) in [5, 5.41) is 4.26. The van der Waals surface area contributed by atoms with E-state index in [0.717, 1.165) is 43.6 Å². The third-order valence-electron chi connectivity index (χ3n) is 6.30. The van der Waals surface area contributed by atoms with Crippen molar-refractivity contribution in [2.45, 2.75) is 45.1 Å². The van der Waals surface area contributed by atoms with E-state index >= 15 is 0 Å². The van der Waals surface area contributed by atoms with Crippen LogP contribution in [0, 0.1) is 23.2 Å². The molecule has 4 heteroatoms. The van der Waals surface area contributed by atoms with E-state index in [-0.39, 0.29) is 5.41 Å². The van der Waals surface area contributed by atoms with Crippen molar-refractivity contribution in [1.82, 2.24) is 4.90 Å². The molecule has 4 saturated carbocycles. The second kappa shape index (κ2) is 6.21. The minimum atomic E-state index is -0.0431. The maximum atomic E-state index is 13.5. The molecule has 126 valence electrons. The standard InChI is InChI=1S/C19H27NO2S/c1-22-4-3-20(12-14-2-5-23-13-14)18(21)19-9-15-6-16(10-19)8-17(7-15)11-19/h2,5,13,15-17H,3-4,6-12H2,1H3. The van der Waals surface area contributed by atoms with Crippen LogP contribution in [0.25, 0.3) is 0 Å². The molecule has 1 amide bonds. The maximum absolute atomic E-state index is 13.5. The van der Waals surface area contributed by atoms with Crippen LogP contribution in [-0.2, 0) is 16.1 Å². The van der Waals surface area contributed by atoms with Gasteiger partial charge in [-0.15, -0.1) is 0 Å². The number of methoxy groups -OCH3 is 1. The average Bonchev–Trinajstić information content (AvgIpc) is 3.02. The second-order valence-corrected chi connectivity index (χ2v) is 8.83. The zero-order valence-corrected chi connectivity index (χ0v) is 14.8. The molecule has 4 aliphatic rings. The Kier molecular flexibility index (Phi) is 4.22. The molecule has 4 aliphatic carbocycles. The highest BCUT2D eigenvalue weighted by molar-refractivity contribution is 7.07. The summed E-state index contributed by atoms with van der Waals surface area (Å²) in [5.74, 6) is 2.86. The van der Waals surface area contributed by atoms with Gasteiger partial charge in [0.05, 0.1) is 12.0 Å². The number of rotatable bonds is 6. The normalized spacial score (nSPS) is 34.7. The summed E-state index contributed by atoms with van der Waals surface area (Å²) < 4.78 is 5.27. The predicted octanol–water partition coefficient (Wildman–Crippen LogP) is 3.94. The van der Waals surface area contributed by atoms with Crippen molar-refractivity contribution < 1.29 is 9.53 Å². The summed E-state index contributed by atoms with van der Waals surface area (Å²) in [7, 11) is 1.72. The molecule has 0 aromatic carbocycles. The van der Waals surface area contributed by atoms with Crippen molar-refractivity contribution >= 4 is 17.2 Å². The molecular formula is C19H27NO2S. The highest BCUT2D eigenvalue weighted by Crippen LogP contribution is 2.60. The molecule has 0 radical (unpaired) electrons. The number of thiophene rings is 1. The minimum absolute atomic E-state index is 0.0431. The van der Waals surface area contributed by atoms with Crippen LogP contribution in [0.15, 0.2) is 16.8 Å². The van der Waals surface area contributed by atoms with E-state index < -0.39 is 0 Å². The number of hydrogen-bond donors (Lipinski definition) is 0. The second-order valence-electron chi connectivity index (χ2n) is 8.05. The Morgan fingerprint density at radius 3 is 2.43 bits per heavy atom. The van der Waals surface area contributed by atoms with Crippen molar-refractivity contribution in [3.8, 4) is 0 Å². The van der Waals surface area contributed by atoms with Crippen LogP contribution in [0.4, 0.5) is 0 Å². The Hall–Kier alpha value is -0.870. The van der Waals surface area contributed by atoms with Crippen molar-refractivity contribution in [1.29, 1.82) is 0 Å². The Labute approximate surface area is 143 Å². The SMILES string of the molecule is COCCN(Cc1ccsc1)C(=O)C12CC3CC(CC(C3)C1)C2. The van der Waals surface area contributed by atoms with Gasteiger partial charge in [-0.3, -0.25) is 4.79 Å². The van der Waals surface area contributed by atoms with E-state index in [4.69, 9.17) is 4.74 Å². The molecule has 0 atom stereocenters. The lowest BCUT2D eigenvalue weighted by Crippen LogP contribution is -2.54. The van der Waals surface area contributed by atoms with Gasteiger partial charge in [-0.1, -0.05) is 0 Å². The molecule has 4 fully saturated rings. The molecule has 0 unspecified atom stereocenters. The molecule has 0 spiro atoms. The first-order valence-corrected chi connectivity index (χ1v) is 9.92. The molecule has 5 rings (SSSR count). The van der Waals surface area contributed by atoms with Gasteiger partial charge in [-0.2, -0.15) is 11.3 Å². The first kappa shape index (κ1) is 15.6. The molecule has 0 aliphatic heterocycles. The van der Waals surface area contributed by atoms with Crippen molar-refractivity contribution in [2.24, 2.45) is 23.2 Å². The quantitative estimate of drug-likeness (QED) is 0.789. The fourth-order valence-electron chi connectivity index (χ4n) is 5.76. The summed E-state index contributed by atoms with van der Waals surface area (Å²) in [5.41, 5.74) is 1.21. The van der Waals surface area contributed by atoms with Crippen LogP contribution >= 0.6 is 11.3 Å². The summed E-state index contributed by atoms with van der Waals surface area (Å²) >= 11 is 1.71. The van der Waals surface area contributed by atoms with E-state index in [2.05, 4.69) is 21.7 Å². The lowest BCUT2D eigenvalue weighted by Gasteiger charge is -2.56. The Morgan fingerprint density at radius 2 is 1.91 bits per heavy atom. The van der Waals surface area contributed by atoms with E-state index in [1.165, 1.54) is 24.8 Å². The van der Waals surface area contributed by atoms with E-state index in [1.807, 2.05) is 0 Å². The number of nitrogens with zero attached hydrogens (tertiary/aromatic N) is 1. The molecule has 1 aromatic rings. The minimum Gasteiger partial charge on any atom is -0.383 e. The van der Waals surface area contributed by atoms with E-state index in [0.29, 0.717) is 19.1 Å². The Bertz CT molecular complexity index is 518. The van der Waals surface area contributed by atoms with E-state index in [1.54, 1.807) is 18.4 Å². The van der Waals surface area contributed by atoms with E-state index in [9.17, 15) is 4.79 Å². The first-order valence-electron chi connectivity index (χ1n) is 8.98. The molecule has 0 saturated heterocycles. The van der Waals surface area contributed by atoms with Gasteiger partial charge in [-0.25, -0.2) is 0 Å². The smallest absolute Gasteiger partial charge is 0.229 e. The lowest BCUT2D eigenvalue weighted by molar-refractivity contribution is -0.159. The van der Waals surface area contributed by atoms with Gasteiger partial charge in [0.25, 0.3) is 0 Å². The molecule has 1 aromatic heterocycles. The van der Waals surface area contributed by atoms with Gasteiger partial charge in [0.2, 0.25) is 5.91 Å². The monoisotopic (exact) mass is 333 g/mol. The van der Waals surface area contributed by atoms with Crippen LogP contribution in [0.1, 0.15) is 44.1 Å². The third kappa shape index (κ3) is 2.96. The van der Waals surface area contributed by atoms with Crippen LogP contribution in [0.3, 0.4) is 0 Å². The highest BCUT2D eigenvalue weighted by Gasteiger charge is 2.55. The highest BCUT2D eigenvalue weighted by atomic mass is 32.1. The third-order valence-corrected chi connectivity index (χ3v) is 7.03. The number of hydrogen-bond acceptors (Lipinski definition) is 3. The van der Waals surface area contributed by atoms with Crippen molar-refractivity contribution in [2.75, 3.05) is 20.3 Å². The average molecular weight is 333 g/mol. The number of carbonyl (C=O) groups excluding carboxylic acids is 1. The number of amides is 1. The van der Waals surface area contributed by atoms with Gasteiger partial charge >= 0.3 is 0 Å². The Morgan fingerprint density at radius 1 is 1.26 bits per heavy atom. The fourth-order valence-corrected chi connectivity index (χ4v) is 6.42. The fraction of sp³-hybridized carbons (Fsp3) is 0.737. The molecule has 0 N–H and O–H groups in total. The molecule has 4 bridgehead atoms.